The number of halogens is 3. The van der Waals surface area contributed by atoms with Crippen LogP contribution in [0.3, 0.4) is 0 Å². The number of anilines is 4. The highest BCUT2D eigenvalue weighted by atomic mass is 19.4. The zero-order chi connectivity index (χ0) is 26.0. The Morgan fingerprint density at radius 2 is 1.89 bits per heavy atom. The van der Waals surface area contributed by atoms with Crippen molar-refractivity contribution in [1.29, 1.82) is 0 Å². The highest BCUT2D eigenvalue weighted by molar-refractivity contribution is 5.93. The summed E-state index contributed by atoms with van der Waals surface area (Å²) in [7, 11) is 1.56. The molecule has 0 aliphatic carbocycles. The first kappa shape index (κ1) is 24.8. The van der Waals surface area contributed by atoms with Crippen molar-refractivity contribution < 1.29 is 18.3 Å². The van der Waals surface area contributed by atoms with E-state index in [1.807, 2.05) is 18.2 Å². The number of rotatable bonds is 7. The van der Waals surface area contributed by atoms with Crippen LogP contribution in [0.4, 0.5) is 36.1 Å². The fourth-order valence-corrected chi connectivity index (χ4v) is 4.32. The quantitative estimate of drug-likeness (QED) is 0.194. The fraction of sp³-hybridized carbons (Fsp3) is 0.231. The number of H-pyrrole nitrogens is 1. The molecule has 1 atom stereocenters. The molecule has 0 fully saturated rings. The van der Waals surface area contributed by atoms with E-state index in [9.17, 15) is 18.3 Å². The van der Waals surface area contributed by atoms with E-state index in [1.165, 1.54) is 6.07 Å². The van der Waals surface area contributed by atoms with Gasteiger partial charge >= 0.3 is 6.18 Å². The highest BCUT2D eigenvalue weighted by Crippen LogP contribution is 2.38. The van der Waals surface area contributed by atoms with Crippen LogP contribution in [0, 0.1) is 0 Å². The molecule has 0 spiro atoms. The van der Waals surface area contributed by atoms with Crippen LogP contribution in [-0.2, 0) is 6.18 Å². The Balaban J connectivity index is 1.48. The van der Waals surface area contributed by atoms with E-state index < -0.39 is 18.0 Å². The number of para-hydroxylation sites is 1. The number of aliphatic hydroxyl groups is 1. The lowest BCUT2D eigenvalue weighted by Gasteiger charge is -2.19. The molecule has 2 aromatic carbocycles. The summed E-state index contributed by atoms with van der Waals surface area (Å²) in [6.45, 7) is 1.65. The molecule has 0 bridgehead atoms. The molecule has 4 aromatic rings. The van der Waals surface area contributed by atoms with Crippen LogP contribution < -0.4 is 21.3 Å². The van der Waals surface area contributed by atoms with Gasteiger partial charge < -0.3 is 21.1 Å². The normalized spacial score (nSPS) is 14.9. The Morgan fingerprint density at radius 1 is 1.05 bits per heavy atom. The first-order valence-corrected chi connectivity index (χ1v) is 11.8. The van der Waals surface area contributed by atoms with Gasteiger partial charge in [-0.25, -0.2) is 4.98 Å². The number of hydrogen-bond donors (Lipinski definition) is 6. The topological polar surface area (TPSA) is 110 Å². The largest absolute Gasteiger partial charge is 0.419 e. The molecule has 1 aliphatic rings. The minimum absolute atomic E-state index is 0.189. The van der Waals surface area contributed by atoms with E-state index in [1.54, 1.807) is 31.3 Å². The van der Waals surface area contributed by atoms with Gasteiger partial charge in [0.05, 0.1) is 22.5 Å². The molecule has 3 heterocycles. The Hall–Kier alpha value is -3.93. The summed E-state index contributed by atoms with van der Waals surface area (Å²) >= 11 is 0. The molecule has 8 nitrogen and oxygen atoms in total. The van der Waals surface area contributed by atoms with Crippen LogP contribution in [0.2, 0.25) is 0 Å². The van der Waals surface area contributed by atoms with Crippen LogP contribution in [-0.4, -0.2) is 40.4 Å². The van der Waals surface area contributed by atoms with Crippen molar-refractivity contribution in [3.63, 3.8) is 0 Å². The summed E-state index contributed by atoms with van der Waals surface area (Å²) in [6, 6.07) is 13.5. The molecule has 0 saturated carbocycles. The predicted molar refractivity (Wildman–Crippen MR) is 138 cm³/mol. The molecular formula is C26H26F3N7O. The minimum Gasteiger partial charge on any atom is -0.374 e. The molecule has 1 aliphatic heterocycles. The lowest BCUT2D eigenvalue weighted by atomic mass is 10.0. The summed E-state index contributed by atoms with van der Waals surface area (Å²) in [5.74, 6) is 0.229. The predicted octanol–water partition coefficient (Wildman–Crippen LogP) is 5.05. The van der Waals surface area contributed by atoms with Crippen molar-refractivity contribution in [3.05, 3.63) is 77.6 Å². The van der Waals surface area contributed by atoms with Crippen molar-refractivity contribution in [3.8, 4) is 0 Å². The van der Waals surface area contributed by atoms with Gasteiger partial charge in [0.15, 0.2) is 0 Å². The third-order valence-electron chi connectivity index (χ3n) is 6.21. The van der Waals surface area contributed by atoms with Gasteiger partial charge in [-0.1, -0.05) is 24.3 Å². The molecule has 37 heavy (non-hydrogen) atoms. The number of pyridine rings is 1. The molecule has 0 amide bonds. The zero-order valence-electron chi connectivity index (χ0n) is 19.9. The zero-order valence-corrected chi connectivity index (χ0v) is 19.9. The molecule has 192 valence electrons. The Morgan fingerprint density at radius 3 is 2.65 bits per heavy atom. The summed E-state index contributed by atoms with van der Waals surface area (Å²) < 4.78 is 41.4. The first-order chi connectivity index (χ1) is 17.8. The molecule has 2 aromatic heterocycles. The number of alkyl halides is 3. The van der Waals surface area contributed by atoms with E-state index in [2.05, 4.69) is 42.5 Å². The molecule has 0 radical (unpaired) electrons. The van der Waals surface area contributed by atoms with Gasteiger partial charge in [0.2, 0.25) is 0 Å². The van der Waals surface area contributed by atoms with Crippen LogP contribution >= 0.6 is 0 Å². The van der Waals surface area contributed by atoms with Crippen molar-refractivity contribution in [1.82, 2.24) is 25.8 Å². The molecule has 11 heteroatoms. The average Bonchev–Trinajstić information content (AvgIpc) is 3.32. The standard InChI is InChI=1S/C26H26F3N7O/c1-30-25(37)17-4-2-3-5-20(17)34-22-13-23(32-14-19(22)26(27,28)29)33-16-6-7-21-18(12-16)24(36-35-21)15-8-10-31-11-9-15/h2-8,12-14,25,30-31,37H,9-11H2,1H3,(H,35,36)(H2,32,33,34). The van der Waals surface area contributed by atoms with Gasteiger partial charge in [0.1, 0.15) is 12.0 Å². The SMILES string of the molecule is CNC(O)c1ccccc1Nc1cc(Nc2ccc3[nH]nc(C4=CCNCC4)c3c2)ncc1C(F)(F)F. The molecule has 5 rings (SSSR count). The molecule has 0 saturated heterocycles. The maximum atomic E-state index is 13.8. The average molecular weight is 510 g/mol. The lowest BCUT2D eigenvalue weighted by molar-refractivity contribution is -0.137. The van der Waals surface area contributed by atoms with Crippen LogP contribution in [0.5, 0.6) is 0 Å². The number of fused-ring (bicyclic) bond motifs is 1. The maximum absolute atomic E-state index is 13.8. The van der Waals surface area contributed by atoms with Gasteiger partial charge in [-0.2, -0.15) is 18.3 Å². The Bertz CT molecular complexity index is 1450. The van der Waals surface area contributed by atoms with Crippen molar-refractivity contribution in [2.24, 2.45) is 0 Å². The highest BCUT2D eigenvalue weighted by Gasteiger charge is 2.34. The van der Waals surface area contributed by atoms with Gasteiger partial charge in [0, 0.05) is 41.1 Å². The number of nitrogens with one attached hydrogen (secondary N) is 5. The van der Waals surface area contributed by atoms with Crippen LogP contribution in [0.25, 0.3) is 16.5 Å². The summed E-state index contributed by atoms with van der Waals surface area (Å²) in [4.78, 5) is 4.02. The van der Waals surface area contributed by atoms with Gasteiger partial charge in [0.25, 0.3) is 0 Å². The second-order valence-corrected chi connectivity index (χ2v) is 8.66. The third kappa shape index (κ3) is 5.29. The third-order valence-corrected chi connectivity index (χ3v) is 6.21. The number of benzene rings is 2. The van der Waals surface area contributed by atoms with Gasteiger partial charge in [-0.15, -0.1) is 0 Å². The van der Waals surface area contributed by atoms with E-state index >= 15 is 0 Å². The molecule has 6 N–H and O–H groups in total. The Labute approximate surface area is 211 Å². The summed E-state index contributed by atoms with van der Waals surface area (Å²) in [5.41, 5.74) is 3.17. The van der Waals surface area contributed by atoms with Crippen molar-refractivity contribution in [2.75, 3.05) is 30.8 Å². The fourth-order valence-electron chi connectivity index (χ4n) is 4.32. The molecular weight excluding hydrogens is 483 g/mol. The van der Waals surface area contributed by atoms with Crippen LogP contribution in [0.1, 0.15) is 29.5 Å². The van der Waals surface area contributed by atoms with Gasteiger partial charge in [-0.05, 0) is 49.9 Å². The summed E-state index contributed by atoms with van der Waals surface area (Å²) in [5, 5.41) is 30.6. The smallest absolute Gasteiger partial charge is 0.374 e. The van der Waals surface area contributed by atoms with E-state index in [0.717, 1.165) is 47.9 Å². The van der Waals surface area contributed by atoms with E-state index in [-0.39, 0.29) is 11.5 Å². The number of aromatic nitrogens is 3. The number of hydrogen-bond acceptors (Lipinski definition) is 7. The first-order valence-electron chi connectivity index (χ1n) is 11.8. The second kappa shape index (κ2) is 10.2. The Kier molecular flexibility index (Phi) is 6.83. The van der Waals surface area contributed by atoms with E-state index in [0.29, 0.717) is 16.9 Å². The van der Waals surface area contributed by atoms with E-state index in [4.69, 9.17) is 0 Å². The number of aliphatic hydroxyl groups excluding tert-OH is 1. The van der Waals surface area contributed by atoms with Gasteiger partial charge in [-0.3, -0.25) is 10.4 Å². The lowest BCUT2D eigenvalue weighted by Crippen LogP contribution is -2.20. The number of aromatic amines is 1. The van der Waals surface area contributed by atoms with Crippen molar-refractivity contribution >= 4 is 39.4 Å². The van der Waals surface area contributed by atoms with Crippen molar-refractivity contribution in [2.45, 2.75) is 18.8 Å². The maximum Gasteiger partial charge on any atom is 0.419 e. The minimum atomic E-state index is -4.63. The second-order valence-electron chi connectivity index (χ2n) is 8.66. The monoisotopic (exact) mass is 509 g/mol. The summed E-state index contributed by atoms with van der Waals surface area (Å²) in [6.07, 6.45) is -1.92. The number of nitrogens with zero attached hydrogens (tertiary/aromatic N) is 2. The molecule has 1 unspecified atom stereocenters. The van der Waals surface area contributed by atoms with Crippen LogP contribution in [0.15, 0.2) is 60.8 Å².